The van der Waals surface area contributed by atoms with Crippen molar-refractivity contribution in [2.45, 2.75) is 39.3 Å². The van der Waals surface area contributed by atoms with Crippen LogP contribution in [0.5, 0.6) is 0 Å². The third kappa shape index (κ3) is 17.0. The maximum absolute atomic E-state index is 4.82. The number of pyridine rings is 1. The van der Waals surface area contributed by atoms with Gasteiger partial charge in [-0.2, -0.15) is 0 Å². The van der Waals surface area contributed by atoms with E-state index in [1.807, 2.05) is 18.2 Å². The molecule has 1 rings (SSSR count). The van der Waals surface area contributed by atoms with Crippen LogP contribution in [0.4, 0.5) is 0 Å². The van der Waals surface area contributed by atoms with Crippen molar-refractivity contribution in [3.05, 3.63) is 35.2 Å². The summed E-state index contributed by atoms with van der Waals surface area (Å²) >= 11 is 0. The maximum Gasteiger partial charge on any atom is 1.00 e. The molecule has 0 saturated carbocycles. The van der Waals surface area contributed by atoms with Crippen molar-refractivity contribution in [1.29, 1.82) is 0 Å². The van der Waals surface area contributed by atoms with Crippen molar-refractivity contribution in [1.82, 2.24) is 4.98 Å². The fourth-order valence-corrected chi connectivity index (χ4v) is 9.37. The fraction of sp³-hybridized carbons (Fsp3) is 0.545. The minimum Gasteiger partial charge on any atom is -0.668 e. The third-order valence-electron chi connectivity index (χ3n) is 1.24. The van der Waals surface area contributed by atoms with Crippen LogP contribution in [0.25, 0.3) is 4.65 Å². The van der Waals surface area contributed by atoms with E-state index in [-0.39, 0.29) is 29.6 Å². The molecule has 0 fully saturated rings. The normalized spacial score (nSPS) is 10.9. The second-order valence-electron chi connectivity index (χ2n) is 5.48. The van der Waals surface area contributed by atoms with Gasteiger partial charge < -0.3 is 4.65 Å². The molecule has 1 heterocycles. The Morgan fingerprint density at radius 1 is 0.750 bits per heavy atom. The summed E-state index contributed by atoms with van der Waals surface area (Å²) in [6, 6.07) is 5.72. The summed E-state index contributed by atoms with van der Waals surface area (Å²) in [4.78, 5) is 3.78. The molecular weight excluding hydrogens is 239 g/mol. The SMILES string of the molecule is C[Si](C)(C)[N-][Si](C)(C)C.[Na+].c1ccncc1. The predicted molar refractivity (Wildman–Crippen MR) is 74.3 cm³/mol. The Bertz CT molecular complexity index is 216. The Hall–Kier alpha value is 0.544. The van der Waals surface area contributed by atoms with Gasteiger partial charge in [0.25, 0.3) is 0 Å². The second-order valence-corrected chi connectivity index (χ2v) is 15.1. The molecular formula is C11H23N2NaSi2. The first-order valence-corrected chi connectivity index (χ1v) is 12.2. The average molecular weight is 262 g/mol. The Kier molecular flexibility index (Phi) is 10.2. The Morgan fingerprint density at radius 3 is 1.19 bits per heavy atom. The summed E-state index contributed by atoms with van der Waals surface area (Å²) in [5.41, 5.74) is 0. The first-order valence-electron chi connectivity index (χ1n) is 5.30. The van der Waals surface area contributed by atoms with E-state index in [0.29, 0.717) is 0 Å². The first-order chi connectivity index (χ1) is 6.71. The summed E-state index contributed by atoms with van der Waals surface area (Å²) in [7, 11) is -2.21. The van der Waals surface area contributed by atoms with Gasteiger partial charge >= 0.3 is 29.6 Å². The van der Waals surface area contributed by atoms with E-state index in [1.54, 1.807) is 12.4 Å². The second kappa shape index (κ2) is 8.61. The first kappa shape index (κ1) is 18.9. The van der Waals surface area contributed by atoms with Gasteiger partial charge in [-0.15, -0.1) is 0 Å². The number of hydrogen-bond acceptors (Lipinski definition) is 1. The largest absolute Gasteiger partial charge is 1.00 e. The molecule has 0 aliphatic heterocycles. The van der Waals surface area contributed by atoms with Crippen LogP contribution in [0, 0.1) is 0 Å². The van der Waals surface area contributed by atoms with E-state index < -0.39 is 16.5 Å². The smallest absolute Gasteiger partial charge is 0.668 e. The standard InChI is InChI=1S/C6H18NSi2.C5H5N.Na/c1-8(2,3)7-9(4,5)6;1-2-4-6-5-3-1;/h1-6H3;1-5H;/q-1;;+1. The summed E-state index contributed by atoms with van der Waals surface area (Å²) in [5.74, 6) is 0. The van der Waals surface area contributed by atoms with E-state index in [2.05, 4.69) is 44.3 Å². The molecule has 5 heteroatoms. The van der Waals surface area contributed by atoms with Crippen molar-refractivity contribution in [2.24, 2.45) is 0 Å². The number of aromatic nitrogens is 1. The van der Waals surface area contributed by atoms with Crippen LogP contribution in [0.2, 0.25) is 39.3 Å². The number of hydrogen-bond donors (Lipinski definition) is 0. The van der Waals surface area contributed by atoms with E-state index in [1.165, 1.54) is 0 Å². The van der Waals surface area contributed by atoms with Crippen molar-refractivity contribution in [3.8, 4) is 0 Å². The molecule has 0 saturated heterocycles. The molecule has 2 nitrogen and oxygen atoms in total. The van der Waals surface area contributed by atoms with E-state index >= 15 is 0 Å². The Morgan fingerprint density at radius 2 is 1.12 bits per heavy atom. The summed E-state index contributed by atoms with van der Waals surface area (Å²) in [5, 5.41) is 0. The van der Waals surface area contributed by atoms with Crippen LogP contribution in [0.15, 0.2) is 30.6 Å². The van der Waals surface area contributed by atoms with Crippen LogP contribution >= 0.6 is 0 Å². The van der Waals surface area contributed by atoms with Gasteiger partial charge in [0, 0.05) is 12.4 Å². The molecule has 1 aromatic heterocycles. The van der Waals surface area contributed by atoms with Crippen molar-refractivity contribution >= 4 is 16.5 Å². The molecule has 0 N–H and O–H groups in total. The molecule has 0 aromatic carbocycles. The number of rotatable bonds is 2. The monoisotopic (exact) mass is 262 g/mol. The van der Waals surface area contributed by atoms with E-state index in [9.17, 15) is 0 Å². The van der Waals surface area contributed by atoms with Gasteiger partial charge in [0.2, 0.25) is 0 Å². The Balaban J connectivity index is 0. The molecule has 0 amide bonds. The van der Waals surface area contributed by atoms with Crippen molar-refractivity contribution in [3.63, 3.8) is 0 Å². The minimum atomic E-state index is -1.11. The van der Waals surface area contributed by atoms with Crippen LogP contribution in [0.1, 0.15) is 0 Å². The van der Waals surface area contributed by atoms with Crippen LogP contribution < -0.4 is 29.6 Å². The summed E-state index contributed by atoms with van der Waals surface area (Å²) in [6.45, 7) is 13.8. The van der Waals surface area contributed by atoms with E-state index in [4.69, 9.17) is 4.65 Å². The molecule has 0 unspecified atom stereocenters. The zero-order valence-corrected chi connectivity index (χ0v) is 15.8. The summed E-state index contributed by atoms with van der Waals surface area (Å²) < 4.78 is 4.82. The van der Waals surface area contributed by atoms with Crippen LogP contribution in [-0.2, 0) is 0 Å². The molecule has 16 heavy (non-hydrogen) atoms. The Labute approximate surface area is 125 Å². The van der Waals surface area contributed by atoms with Gasteiger partial charge in [-0.25, -0.2) is 0 Å². The molecule has 0 aliphatic carbocycles. The average Bonchev–Trinajstić information content (AvgIpc) is 2.01. The molecule has 1 aromatic rings. The van der Waals surface area contributed by atoms with Gasteiger partial charge in [-0.05, 0) is 12.1 Å². The van der Waals surface area contributed by atoms with Gasteiger partial charge in [0.05, 0.1) is 0 Å². The zero-order chi connectivity index (χ0) is 11.9. The topological polar surface area (TPSA) is 27.0 Å². The number of nitrogens with zero attached hydrogens (tertiary/aromatic N) is 2. The predicted octanol–water partition coefficient (Wildman–Crippen LogP) is 1.12. The van der Waals surface area contributed by atoms with Gasteiger partial charge in [0.1, 0.15) is 0 Å². The zero-order valence-electron chi connectivity index (χ0n) is 11.8. The molecule has 0 aliphatic rings. The van der Waals surface area contributed by atoms with Crippen LogP contribution in [-0.4, -0.2) is 21.5 Å². The molecule has 86 valence electrons. The minimum absolute atomic E-state index is 0. The molecule has 0 radical (unpaired) electrons. The summed E-state index contributed by atoms with van der Waals surface area (Å²) in [6.07, 6.45) is 3.50. The van der Waals surface area contributed by atoms with E-state index in [0.717, 1.165) is 0 Å². The van der Waals surface area contributed by atoms with Gasteiger partial charge in [0.15, 0.2) is 0 Å². The molecule has 0 atom stereocenters. The van der Waals surface area contributed by atoms with Crippen LogP contribution in [0.3, 0.4) is 0 Å². The third-order valence-corrected chi connectivity index (χ3v) is 6.60. The molecule has 0 spiro atoms. The van der Waals surface area contributed by atoms with Crippen molar-refractivity contribution < 1.29 is 29.6 Å². The van der Waals surface area contributed by atoms with Crippen molar-refractivity contribution in [2.75, 3.05) is 0 Å². The molecule has 0 bridgehead atoms. The quantitative estimate of drug-likeness (QED) is 0.734. The fourth-order valence-electron chi connectivity index (χ4n) is 1.32. The maximum atomic E-state index is 4.82. The van der Waals surface area contributed by atoms with Gasteiger partial charge in [-0.1, -0.05) is 61.8 Å². The van der Waals surface area contributed by atoms with Gasteiger partial charge in [-0.3, -0.25) is 4.98 Å².